The summed E-state index contributed by atoms with van der Waals surface area (Å²) in [6, 6.07) is 5.40. The van der Waals surface area contributed by atoms with Gasteiger partial charge in [0.2, 0.25) is 0 Å². The highest BCUT2D eigenvalue weighted by Crippen LogP contribution is 2.29. The Hall–Kier alpha value is -2.90. The average Bonchev–Trinajstić information content (AvgIpc) is 3.36. The smallest absolute Gasteiger partial charge is 0.326 e. The van der Waals surface area contributed by atoms with Crippen molar-refractivity contribution in [1.82, 2.24) is 29.2 Å². The molecule has 1 atom stereocenters. The first-order chi connectivity index (χ1) is 13.1. The number of piperidine rings is 1. The number of carbonyl (C=O) groups excluding carboxylic acids is 1. The van der Waals surface area contributed by atoms with Gasteiger partial charge in [0, 0.05) is 44.6 Å². The Kier molecular flexibility index (Phi) is 3.66. The molecular formula is C19H22N6O2. The van der Waals surface area contributed by atoms with Gasteiger partial charge in [-0.1, -0.05) is 0 Å². The number of H-pyrrole nitrogens is 1. The molecule has 3 aromatic rings. The van der Waals surface area contributed by atoms with Crippen LogP contribution in [0.15, 0.2) is 23.0 Å². The van der Waals surface area contributed by atoms with Gasteiger partial charge in [-0.05, 0) is 37.5 Å². The van der Waals surface area contributed by atoms with Crippen LogP contribution >= 0.6 is 0 Å². The predicted octanol–water partition coefficient (Wildman–Crippen LogP) is 1.42. The zero-order valence-corrected chi connectivity index (χ0v) is 15.3. The molecule has 2 aliphatic rings. The maximum absolute atomic E-state index is 13.1. The van der Waals surface area contributed by atoms with Crippen LogP contribution in [0, 0.1) is 0 Å². The van der Waals surface area contributed by atoms with Gasteiger partial charge in [-0.3, -0.25) is 9.36 Å². The molecule has 0 bridgehead atoms. The zero-order valence-electron chi connectivity index (χ0n) is 15.3. The van der Waals surface area contributed by atoms with Crippen LogP contribution in [0.2, 0.25) is 0 Å². The SMILES string of the molecule is Cn1c(=O)[nH]c2cc(C(=O)N3CCCC(c4nnc5n4CCC5)C3)ccc21. The first-order valence-electron chi connectivity index (χ1n) is 9.52. The molecule has 8 nitrogen and oxygen atoms in total. The molecule has 1 fully saturated rings. The van der Waals surface area contributed by atoms with E-state index in [1.54, 1.807) is 23.7 Å². The summed E-state index contributed by atoms with van der Waals surface area (Å²) in [4.78, 5) is 29.6. The summed E-state index contributed by atoms with van der Waals surface area (Å²) in [6.45, 7) is 2.40. The number of imidazole rings is 1. The number of hydrogen-bond donors (Lipinski definition) is 1. The Morgan fingerprint density at radius 2 is 2.11 bits per heavy atom. The second-order valence-electron chi connectivity index (χ2n) is 7.54. The standard InChI is InChI=1S/C19H22N6O2/c1-23-15-7-6-12(10-14(15)20-19(23)27)18(26)24-8-2-4-13(11-24)17-22-21-16-5-3-9-25(16)17/h6-7,10,13H,2-5,8-9,11H2,1H3,(H,20,27). The molecule has 1 aromatic carbocycles. The summed E-state index contributed by atoms with van der Waals surface area (Å²) < 4.78 is 3.78. The highest BCUT2D eigenvalue weighted by molar-refractivity contribution is 5.97. The summed E-state index contributed by atoms with van der Waals surface area (Å²) in [5, 5.41) is 8.73. The van der Waals surface area contributed by atoms with E-state index >= 15 is 0 Å². The van der Waals surface area contributed by atoms with Crippen molar-refractivity contribution in [3.63, 3.8) is 0 Å². The Bertz CT molecular complexity index is 1090. The largest absolute Gasteiger partial charge is 0.338 e. The van der Waals surface area contributed by atoms with Crippen LogP contribution in [-0.4, -0.2) is 48.2 Å². The lowest BCUT2D eigenvalue weighted by molar-refractivity contribution is 0.0703. The Morgan fingerprint density at radius 1 is 1.22 bits per heavy atom. The summed E-state index contributed by atoms with van der Waals surface area (Å²) in [7, 11) is 1.72. The summed E-state index contributed by atoms with van der Waals surface area (Å²) >= 11 is 0. The molecule has 0 radical (unpaired) electrons. The first kappa shape index (κ1) is 16.3. The fraction of sp³-hybridized carbons (Fsp3) is 0.474. The maximum atomic E-state index is 13.1. The molecule has 0 saturated carbocycles. The molecule has 1 saturated heterocycles. The van der Waals surface area contributed by atoms with Crippen molar-refractivity contribution >= 4 is 16.9 Å². The van der Waals surface area contributed by atoms with Crippen molar-refractivity contribution < 1.29 is 4.79 Å². The molecule has 1 N–H and O–H groups in total. The molecule has 5 rings (SSSR count). The zero-order chi connectivity index (χ0) is 18.5. The Morgan fingerprint density at radius 3 is 3.00 bits per heavy atom. The van der Waals surface area contributed by atoms with Crippen LogP contribution in [0.5, 0.6) is 0 Å². The van der Waals surface area contributed by atoms with Crippen molar-refractivity contribution in [3.05, 3.63) is 45.9 Å². The highest BCUT2D eigenvalue weighted by Gasteiger charge is 2.30. The molecule has 8 heteroatoms. The number of nitrogens with one attached hydrogen (secondary N) is 1. The van der Waals surface area contributed by atoms with E-state index in [-0.39, 0.29) is 17.5 Å². The van der Waals surface area contributed by atoms with Gasteiger partial charge in [-0.15, -0.1) is 10.2 Å². The van der Waals surface area contributed by atoms with E-state index in [2.05, 4.69) is 19.7 Å². The molecule has 2 aromatic heterocycles. The number of carbonyl (C=O) groups is 1. The van der Waals surface area contributed by atoms with Crippen molar-refractivity contribution in [2.24, 2.45) is 7.05 Å². The minimum Gasteiger partial charge on any atom is -0.338 e. The number of amides is 1. The van der Waals surface area contributed by atoms with E-state index in [0.29, 0.717) is 17.6 Å². The number of nitrogens with zero attached hydrogens (tertiary/aromatic N) is 5. The highest BCUT2D eigenvalue weighted by atomic mass is 16.2. The van der Waals surface area contributed by atoms with E-state index in [0.717, 1.165) is 55.9 Å². The van der Waals surface area contributed by atoms with Gasteiger partial charge in [0.25, 0.3) is 5.91 Å². The second-order valence-corrected chi connectivity index (χ2v) is 7.54. The predicted molar refractivity (Wildman–Crippen MR) is 99.8 cm³/mol. The monoisotopic (exact) mass is 366 g/mol. The van der Waals surface area contributed by atoms with Gasteiger partial charge < -0.3 is 14.5 Å². The van der Waals surface area contributed by atoms with E-state index < -0.39 is 0 Å². The first-order valence-corrected chi connectivity index (χ1v) is 9.52. The van der Waals surface area contributed by atoms with E-state index in [9.17, 15) is 9.59 Å². The second kappa shape index (κ2) is 6.07. The van der Waals surface area contributed by atoms with E-state index in [1.165, 1.54) is 0 Å². The fourth-order valence-corrected chi connectivity index (χ4v) is 4.40. The van der Waals surface area contributed by atoms with Crippen molar-refractivity contribution in [3.8, 4) is 0 Å². The van der Waals surface area contributed by atoms with Crippen molar-refractivity contribution in [2.75, 3.05) is 13.1 Å². The van der Waals surface area contributed by atoms with Gasteiger partial charge in [-0.25, -0.2) is 4.79 Å². The minimum atomic E-state index is -0.173. The Labute approximate surface area is 155 Å². The van der Waals surface area contributed by atoms with Crippen LogP contribution in [0.4, 0.5) is 0 Å². The number of benzene rings is 1. The van der Waals surface area contributed by atoms with Crippen LogP contribution < -0.4 is 5.69 Å². The number of aromatic amines is 1. The molecule has 2 aliphatic heterocycles. The molecule has 1 unspecified atom stereocenters. The number of fused-ring (bicyclic) bond motifs is 2. The molecule has 1 amide bonds. The van der Waals surface area contributed by atoms with Gasteiger partial charge in [0.05, 0.1) is 11.0 Å². The lowest BCUT2D eigenvalue weighted by Gasteiger charge is -2.32. The molecular weight excluding hydrogens is 344 g/mol. The third kappa shape index (κ3) is 2.58. The number of aromatic nitrogens is 5. The normalized spacial score (nSPS) is 19.6. The van der Waals surface area contributed by atoms with Crippen molar-refractivity contribution in [1.29, 1.82) is 0 Å². The van der Waals surface area contributed by atoms with E-state index in [4.69, 9.17) is 0 Å². The number of aryl methyl sites for hydroxylation is 2. The molecule has 27 heavy (non-hydrogen) atoms. The van der Waals surface area contributed by atoms with Crippen LogP contribution in [0.25, 0.3) is 11.0 Å². The third-order valence-corrected chi connectivity index (χ3v) is 5.86. The lowest BCUT2D eigenvalue weighted by atomic mass is 9.96. The van der Waals surface area contributed by atoms with Crippen LogP contribution in [0.3, 0.4) is 0 Å². The number of likely N-dealkylation sites (tertiary alicyclic amines) is 1. The quantitative estimate of drug-likeness (QED) is 0.743. The third-order valence-electron chi connectivity index (χ3n) is 5.86. The topological polar surface area (TPSA) is 88.8 Å². The maximum Gasteiger partial charge on any atom is 0.326 e. The van der Waals surface area contributed by atoms with Crippen LogP contribution in [-0.2, 0) is 20.0 Å². The lowest BCUT2D eigenvalue weighted by Crippen LogP contribution is -2.39. The Balaban J connectivity index is 1.40. The molecule has 0 spiro atoms. The van der Waals surface area contributed by atoms with Gasteiger partial charge in [0.1, 0.15) is 11.6 Å². The van der Waals surface area contributed by atoms with E-state index in [1.807, 2.05) is 11.0 Å². The number of hydrogen-bond acceptors (Lipinski definition) is 4. The fourth-order valence-electron chi connectivity index (χ4n) is 4.40. The minimum absolute atomic E-state index is 0.00691. The van der Waals surface area contributed by atoms with Gasteiger partial charge >= 0.3 is 5.69 Å². The summed E-state index contributed by atoms with van der Waals surface area (Å²) in [6.07, 6.45) is 4.12. The van der Waals surface area contributed by atoms with Crippen LogP contribution in [0.1, 0.15) is 47.2 Å². The summed E-state index contributed by atoms with van der Waals surface area (Å²) in [5.74, 6) is 2.35. The molecule has 4 heterocycles. The van der Waals surface area contributed by atoms with Gasteiger partial charge in [-0.2, -0.15) is 0 Å². The van der Waals surface area contributed by atoms with Gasteiger partial charge in [0.15, 0.2) is 0 Å². The number of rotatable bonds is 2. The molecule has 140 valence electrons. The average molecular weight is 366 g/mol. The van der Waals surface area contributed by atoms with Crippen molar-refractivity contribution in [2.45, 2.75) is 38.1 Å². The summed E-state index contributed by atoms with van der Waals surface area (Å²) in [5.41, 5.74) is 1.93. The molecule has 0 aliphatic carbocycles.